The largest absolute Gasteiger partial charge is 0.300 e. The summed E-state index contributed by atoms with van der Waals surface area (Å²) in [4.78, 5) is 20.1. The van der Waals surface area contributed by atoms with E-state index in [4.69, 9.17) is 0 Å². The Balaban J connectivity index is 0. The highest BCUT2D eigenvalue weighted by Gasteiger charge is 2.14. The monoisotopic (exact) mass is 355 g/mol. The second kappa shape index (κ2) is 9.45. The first kappa shape index (κ1) is 21.8. The van der Waals surface area contributed by atoms with Gasteiger partial charge < -0.3 is 4.79 Å². The molecule has 1 heterocycles. The van der Waals surface area contributed by atoms with Crippen LogP contribution in [0, 0.1) is 13.8 Å². The van der Waals surface area contributed by atoms with Crippen LogP contribution in [-0.4, -0.2) is 15.8 Å². The Kier molecular flexibility index (Phi) is 9.81. The third-order valence-corrected chi connectivity index (χ3v) is 3.28. The predicted octanol–water partition coefficient (Wildman–Crippen LogP) is 4.96. The van der Waals surface area contributed by atoms with Gasteiger partial charge in [0.1, 0.15) is 5.78 Å². The molecule has 0 amide bonds. The zero-order valence-electron chi connectivity index (χ0n) is 13.0. The molecule has 1 aromatic heterocycles. The summed E-state index contributed by atoms with van der Waals surface area (Å²) in [5.41, 5.74) is 3.53. The Bertz CT molecular complexity index is 497. The van der Waals surface area contributed by atoms with Crippen LogP contribution >= 0.6 is 15.9 Å². The number of aryl methyl sites for hydroxylation is 2. The lowest BCUT2D eigenvalue weighted by Crippen LogP contribution is -2.20. The number of carbonyl (C=O) groups is 1. The fraction of sp³-hybridized carbons (Fsp3) is 0.438. The summed E-state index contributed by atoms with van der Waals surface area (Å²) >= 11 is 3.45. The first-order valence-electron chi connectivity index (χ1n) is 6.17. The molecule has 21 heavy (non-hydrogen) atoms. The van der Waals surface area contributed by atoms with Gasteiger partial charge in [0.2, 0.25) is 5.95 Å². The molecule has 0 fully saturated rings. The Hall–Kier alpha value is -1.49. The molecule has 0 aliphatic carbocycles. The van der Waals surface area contributed by atoms with Gasteiger partial charge in [-0.1, -0.05) is 20.6 Å². The molecular weight excluding hydrogens is 330 g/mol. The molecule has 0 bridgehead atoms. The summed E-state index contributed by atoms with van der Waals surface area (Å²) in [6.45, 7) is 18.6. The van der Waals surface area contributed by atoms with E-state index in [1.165, 1.54) is 13.8 Å². The summed E-state index contributed by atoms with van der Waals surface area (Å²) in [5.74, 6) is 0.790. The average Bonchev–Trinajstić information content (AvgIpc) is 2.23. The number of hydrogen-bond acceptors (Lipinski definition) is 4. The minimum absolute atomic E-state index is 0. The number of allylic oxidation sites excluding steroid dienone is 2. The van der Waals surface area contributed by atoms with E-state index in [1.807, 2.05) is 32.6 Å². The van der Waals surface area contributed by atoms with Crippen molar-refractivity contribution >= 4 is 27.7 Å². The third kappa shape index (κ3) is 7.18. The van der Waals surface area contributed by atoms with Crippen LogP contribution in [0.4, 0.5) is 5.95 Å². The minimum atomic E-state index is 0. The molecule has 0 unspecified atom stereocenters. The highest BCUT2D eigenvalue weighted by molar-refractivity contribution is 9.10. The molecule has 0 spiro atoms. The van der Waals surface area contributed by atoms with Crippen molar-refractivity contribution < 1.29 is 4.79 Å². The van der Waals surface area contributed by atoms with Gasteiger partial charge in [-0.05, 0) is 57.5 Å². The van der Waals surface area contributed by atoms with Gasteiger partial charge in [-0.25, -0.2) is 9.97 Å². The van der Waals surface area contributed by atoms with Crippen molar-refractivity contribution in [3.05, 3.63) is 40.4 Å². The summed E-state index contributed by atoms with van der Waals surface area (Å²) in [7, 11) is 0. The Morgan fingerprint density at radius 2 is 1.29 bits per heavy atom. The molecule has 0 atom stereocenters. The molecule has 118 valence electrons. The second-order valence-electron chi connectivity index (χ2n) is 4.72. The topological polar surface area (TPSA) is 46.1 Å². The lowest BCUT2D eigenvalue weighted by Gasteiger charge is -2.23. The first-order chi connectivity index (χ1) is 9.07. The molecule has 5 heteroatoms. The molecule has 0 saturated heterocycles. The van der Waals surface area contributed by atoms with E-state index < -0.39 is 0 Å². The number of nitrogens with zero attached hydrogens (tertiary/aromatic N) is 3. The van der Waals surface area contributed by atoms with Crippen molar-refractivity contribution in [1.29, 1.82) is 0 Å². The summed E-state index contributed by atoms with van der Waals surface area (Å²) < 4.78 is 0.944. The fourth-order valence-corrected chi connectivity index (χ4v) is 1.63. The predicted molar refractivity (Wildman–Crippen MR) is 94.4 cm³/mol. The van der Waals surface area contributed by atoms with Gasteiger partial charge in [-0.2, -0.15) is 0 Å². The zero-order valence-corrected chi connectivity index (χ0v) is 14.6. The van der Waals surface area contributed by atoms with Gasteiger partial charge in [0.25, 0.3) is 0 Å². The molecule has 0 N–H and O–H groups in total. The van der Waals surface area contributed by atoms with E-state index in [-0.39, 0.29) is 13.2 Å². The van der Waals surface area contributed by atoms with Crippen LogP contribution in [0.1, 0.15) is 46.5 Å². The Morgan fingerprint density at radius 1 is 1.00 bits per heavy atom. The van der Waals surface area contributed by atoms with Crippen LogP contribution in [0.15, 0.2) is 29.0 Å². The van der Waals surface area contributed by atoms with Crippen LogP contribution in [0.25, 0.3) is 0 Å². The molecule has 4 nitrogen and oxygen atoms in total. The molecular formula is C16H26BrN3O. The van der Waals surface area contributed by atoms with E-state index in [1.54, 1.807) is 0 Å². The lowest BCUT2D eigenvalue weighted by molar-refractivity contribution is -0.114. The van der Waals surface area contributed by atoms with Crippen LogP contribution in [0.5, 0.6) is 0 Å². The first-order valence-corrected chi connectivity index (χ1v) is 6.96. The van der Waals surface area contributed by atoms with Gasteiger partial charge in [0, 0.05) is 11.4 Å². The SMILES string of the molecule is C.C=C(C)N(C(=C)C)c1nc(C)c(Br)c(C)n1.CC(C)=O. The van der Waals surface area contributed by atoms with E-state index in [0.29, 0.717) is 5.95 Å². The number of hydrogen-bond donors (Lipinski definition) is 0. The Labute approximate surface area is 137 Å². The van der Waals surface area contributed by atoms with E-state index in [9.17, 15) is 4.79 Å². The number of aromatic nitrogens is 2. The smallest absolute Gasteiger partial charge is 0.234 e. The van der Waals surface area contributed by atoms with E-state index >= 15 is 0 Å². The van der Waals surface area contributed by atoms with Crippen molar-refractivity contribution in [3.8, 4) is 0 Å². The second-order valence-corrected chi connectivity index (χ2v) is 5.52. The molecule has 0 aromatic carbocycles. The number of rotatable bonds is 3. The molecule has 0 saturated carbocycles. The van der Waals surface area contributed by atoms with Crippen molar-refractivity contribution in [2.75, 3.05) is 4.90 Å². The molecule has 0 radical (unpaired) electrons. The maximum absolute atomic E-state index is 9.44. The maximum atomic E-state index is 9.44. The maximum Gasteiger partial charge on any atom is 0.234 e. The molecule has 0 aliphatic rings. The lowest BCUT2D eigenvalue weighted by atomic mass is 10.3. The standard InChI is InChI=1S/C12H16BrN3.C3H6O.CH4/c1-7(2)16(8(3)4)12-14-9(5)11(13)10(6)15-12;1-3(2)4;/h1,3H2,2,4-6H3;1-2H3;1H4. The van der Waals surface area contributed by atoms with Crippen LogP contribution in [0.3, 0.4) is 0 Å². The minimum Gasteiger partial charge on any atom is -0.300 e. The van der Waals surface area contributed by atoms with Gasteiger partial charge in [0.05, 0.1) is 15.9 Å². The van der Waals surface area contributed by atoms with Crippen molar-refractivity contribution in [3.63, 3.8) is 0 Å². The van der Waals surface area contributed by atoms with Gasteiger partial charge in [-0.3, -0.25) is 4.90 Å². The van der Waals surface area contributed by atoms with Crippen molar-refractivity contribution in [2.24, 2.45) is 0 Å². The van der Waals surface area contributed by atoms with Crippen LogP contribution in [0.2, 0.25) is 0 Å². The number of carbonyl (C=O) groups excluding carboxylic acids is 1. The number of Topliss-reactive ketones (excluding diaryl/α,β-unsaturated/α-hetero) is 1. The molecule has 1 rings (SSSR count). The highest BCUT2D eigenvalue weighted by Crippen LogP contribution is 2.24. The Morgan fingerprint density at radius 3 is 1.52 bits per heavy atom. The fourth-order valence-electron chi connectivity index (χ4n) is 1.45. The normalized spacial score (nSPS) is 8.90. The van der Waals surface area contributed by atoms with Crippen molar-refractivity contribution in [2.45, 2.75) is 49.0 Å². The van der Waals surface area contributed by atoms with Crippen molar-refractivity contribution in [1.82, 2.24) is 9.97 Å². The van der Waals surface area contributed by atoms with Gasteiger partial charge in [0.15, 0.2) is 0 Å². The number of ketones is 1. The van der Waals surface area contributed by atoms with Gasteiger partial charge >= 0.3 is 0 Å². The highest BCUT2D eigenvalue weighted by atomic mass is 79.9. The third-order valence-electron chi connectivity index (χ3n) is 2.13. The van der Waals surface area contributed by atoms with E-state index in [0.717, 1.165) is 27.3 Å². The summed E-state index contributed by atoms with van der Waals surface area (Å²) in [6, 6.07) is 0. The average molecular weight is 356 g/mol. The van der Waals surface area contributed by atoms with Crippen LogP contribution in [-0.2, 0) is 4.79 Å². The quantitative estimate of drug-likeness (QED) is 0.768. The van der Waals surface area contributed by atoms with E-state index in [2.05, 4.69) is 39.1 Å². The molecule has 0 aliphatic heterocycles. The number of anilines is 1. The van der Waals surface area contributed by atoms with Gasteiger partial charge in [-0.15, -0.1) is 0 Å². The zero-order chi connectivity index (χ0) is 16.0. The summed E-state index contributed by atoms with van der Waals surface area (Å²) in [6.07, 6.45) is 0. The molecule has 1 aromatic rings. The number of halogens is 1. The summed E-state index contributed by atoms with van der Waals surface area (Å²) in [5, 5.41) is 0. The van der Waals surface area contributed by atoms with Crippen LogP contribution < -0.4 is 4.90 Å².